The number of benzene rings is 2. The Labute approximate surface area is 142 Å². The number of fused-ring (bicyclic) bond motifs is 1. The van der Waals surface area contributed by atoms with Crippen LogP contribution in [0.4, 0.5) is 5.69 Å². The molecule has 0 aliphatic heterocycles. The predicted octanol–water partition coefficient (Wildman–Crippen LogP) is 5.14. The van der Waals surface area contributed by atoms with Crippen molar-refractivity contribution in [3.05, 3.63) is 63.8 Å². The van der Waals surface area contributed by atoms with Gasteiger partial charge in [-0.25, -0.2) is 0 Å². The molecule has 0 bridgehead atoms. The maximum atomic E-state index is 12.6. The first-order valence-electron chi connectivity index (χ1n) is 6.86. The second kappa shape index (κ2) is 6.62. The van der Waals surface area contributed by atoms with E-state index in [4.69, 9.17) is 32.4 Å². The third-order valence-electron chi connectivity index (χ3n) is 3.39. The van der Waals surface area contributed by atoms with Crippen molar-refractivity contribution >= 4 is 45.8 Å². The zero-order valence-electron chi connectivity index (χ0n) is 12.2. The Morgan fingerprint density at radius 1 is 1.17 bits per heavy atom. The molecular formula is C17H13Cl2NO3. The van der Waals surface area contributed by atoms with E-state index in [1.807, 2.05) is 18.2 Å². The number of ether oxygens (including phenoxy) is 1. The quantitative estimate of drug-likeness (QED) is 0.709. The summed E-state index contributed by atoms with van der Waals surface area (Å²) in [4.78, 5) is 12.6. The van der Waals surface area contributed by atoms with Gasteiger partial charge in [-0.2, -0.15) is 0 Å². The van der Waals surface area contributed by atoms with Crippen LogP contribution in [0.2, 0.25) is 10.0 Å². The van der Waals surface area contributed by atoms with Gasteiger partial charge in [0.2, 0.25) is 0 Å². The van der Waals surface area contributed by atoms with Crippen LogP contribution >= 0.6 is 23.2 Å². The second-order valence-corrected chi connectivity index (χ2v) is 5.68. The lowest BCUT2D eigenvalue weighted by Gasteiger charge is -2.08. The van der Waals surface area contributed by atoms with Gasteiger partial charge in [-0.1, -0.05) is 47.5 Å². The van der Waals surface area contributed by atoms with Gasteiger partial charge in [-0.05, 0) is 18.2 Å². The van der Waals surface area contributed by atoms with E-state index in [9.17, 15) is 4.79 Å². The van der Waals surface area contributed by atoms with Crippen molar-refractivity contribution in [3.8, 4) is 0 Å². The summed E-state index contributed by atoms with van der Waals surface area (Å²) < 4.78 is 10.9. The maximum Gasteiger partial charge on any atom is 0.291 e. The van der Waals surface area contributed by atoms with Crippen molar-refractivity contribution in [2.75, 3.05) is 12.4 Å². The maximum absolute atomic E-state index is 12.6. The molecule has 0 aliphatic rings. The molecule has 1 heterocycles. The summed E-state index contributed by atoms with van der Waals surface area (Å²) >= 11 is 12.1. The fraction of sp³-hybridized carbons (Fsp3) is 0.118. The SMILES string of the molecule is COCc1c(C(=O)Nc2cccc(Cl)c2Cl)oc2ccccc12. The third-order valence-corrected chi connectivity index (χ3v) is 4.21. The zero-order chi connectivity index (χ0) is 16.4. The Morgan fingerprint density at radius 2 is 1.96 bits per heavy atom. The number of hydrogen-bond donors (Lipinski definition) is 1. The molecule has 0 aliphatic carbocycles. The van der Waals surface area contributed by atoms with Gasteiger partial charge >= 0.3 is 0 Å². The summed E-state index contributed by atoms with van der Waals surface area (Å²) in [5.74, 6) is -0.207. The van der Waals surface area contributed by atoms with Gasteiger partial charge in [0, 0.05) is 18.1 Å². The summed E-state index contributed by atoms with van der Waals surface area (Å²) in [5.41, 5.74) is 1.74. The van der Waals surface area contributed by atoms with E-state index in [1.54, 1.807) is 31.4 Å². The summed E-state index contributed by atoms with van der Waals surface area (Å²) in [7, 11) is 1.57. The molecule has 3 aromatic rings. The van der Waals surface area contributed by atoms with Crippen molar-refractivity contribution in [1.82, 2.24) is 0 Å². The van der Waals surface area contributed by atoms with Gasteiger partial charge in [0.1, 0.15) is 5.58 Å². The standard InChI is InChI=1S/C17H13Cl2NO3/c1-22-9-11-10-5-2-3-8-14(10)23-16(11)17(21)20-13-7-4-6-12(18)15(13)19/h2-8H,9H2,1H3,(H,20,21). The topological polar surface area (TPSA) is 51.5 Å². The molecule has 0 unspecified atom stereocenters. The summed E-state index contributed by atoms with van der Waals surface area (Å²) in [6, 6.07) is 12.4. The molecule has 0 spiro atoms. The molecule has 6 heteroatoms. The van der Waals surface area contributed by atoms with Crippen LogP contribution in [0.5, 0.6) is 0 Å². The van der Waals surface area contributed by atoms with Crippen LogP contribution < -0.4 is 5.32 Å². The van der Waals surface area contributed by atoms with Crippen molar-refractivity contribution in [3.63, 3.8) is 0 Å². The number of amides is 1. The number of para-hydroxylation sites is 1. The molecule has 3 rings (SSSR count). The zero-order valence-corrected chi connectivity index (χ0v) is 13.7. The van der Waals surface area contributed by atoms with Gasteiger partial charge in [0.25, 0.3) is 5.91 Å². The largest absolute Gasteiger partial charge is 0.451 e. The van der Waals surface area contributed by atoms with Crippen LogP contribution in [0, 0.1) is 0 Å². The fourth-order valence-electron chi connectivity index (χ4n) is 2.35. The average molecular weight is 350 g/mol. The van der Waals surface area contributed by atoms with E-state index in [0.717, 1.165) is 5.39 Å². The van der Waals surface area contributed by atoms with Crippen LogP contribution in [0.25, 0.3) is 11.0 Å². The number of hydrogen-bond acceptors (Lipinski definition) is 3. The van der Waals surface area contributed by atoms with Crippen LogP contribution in [-0.4, -0.2) is 13.0 Å². The molecule has 23 heavy (non-hydrogen) atoms. The fourth-order valence-corrected chi connectivity index (χ4v) is 2.70. The average Bonchev–Trinajstić information content (AvgIpc) is 2.91. The van der Waals surface area contributed by atoms with Crippen LogP contribution in [0.1, 0.15) is 16.1 Å². The van der Waals surface area contributed by atoms with Crippen LogP contribution in [0.15, 0.2) is 46.9 Å². The normalized spacial score (nSPS) is 10.9. The molecule has 1 aromatic heterocycles. The van der Waals surface area contributed by atoms with E-state index in [2.05, 4.69) is 5.32 Å². The first-order valence-corrected chi connectivity index (χ1v) is 7.62. The molecule has 0 saturated carbocycles. The minimum atomic E-state index is -0.405. The van der Waals surface area contributed by atoms with Crippen molar-refractivity contribution in [2.24, 2.45) is 0 Å². The van der Waals surface area contributed by atoms with E-state index in [1.165, 1.54) is 0 Å². The summed E-state index contributed by atoms with van der Waals surface area (Å²) in [5, 5.41) is 4.22. The van der Waals surface area contributed by atoms with Gasteiger partial charge in [-0.3, -0.25) is 4.79 Å². The smallest absolute Gasteiger partial charge is 0.291 e. The van der Waals surface area contributed by atoms with E-state index in [0.29, 0.717) is 21.9 Å². The molecule has 1 N–H and O–H groups in total. The van der Waals surface area contributed by atoms with Crippen molar-refractivity contribution < 1.29 is 13.9 Å². The number of carbonyl (C=O) groups is 1. The van der Waals surface area contributed by atoms with E-state index < -0.39 is 5.91 Å². The highest BCUT2D eigenvalue weighted by Gasteiger charge is 2.21. The van der Waals surface area contributed by atoms with Crippen molar-refractivity contribution in [2.45, 2.75) is 6.61 Å². The van der Waals surface area contributed by atoms with E-state index >= 15 is 0 Å². The number of rotatable bonds is 4. The lowest BCUT2D eigenvalue weighted by Crippen LogP contribution is -2.13. The lowest BCUT2D eigenvalue weighted by atomic mass is 10.1. The first kappa shape index (κ1) is 15.9. The molecule has 1 amide bonds. The highest BCUT2D eigenvalue weighted by Crippen LogP contribution is 2.31. The highest BCUT2D eigenvalue weighted by molar-refractivity contribution is 6.44. The van der Waals surface area contributed by atoms with Gasteiger partial charge in [0.15, 0.2) is 5.76 Å². The Hall–Kier alpha value is -2.01. The second-order valence-electron chi connectivity index (χ2n) is 4.89. The molecule has 4 nitrogen and oxygen atoms in total. The third kappa shape index (κ3) is 3.06. The predicted molar refractivity (Wildman–Crippen MR) is 91.3 cm³/mol. The highest BCUT2D eigenvalue weighted by atomic mass is 35.5. The molecule has 0 saturated heterocycles. The molecular weight excluding hydrogens is 337 g/mol. The monoisotopic (exact) mass is 349 g/mol. The molecule has 2 aromatic carbocycles. The molecule has 0 fully saturated rings. The molecule has 0 atom stereocenters. The number of methoxy groups -OCH3 is 1. The Bertz CT molecular complexity index is 873. The first-order chi connectivity index (χ1) is 11.1. The van der Waals surface area contributed by atoms with Crippen LogP contribution in [0.3, 0.4) is 0 Å². The minimum absolute atomic E-state index is 0.198. The summed E-state index contributed by atoms with van der Waals surface area (Å²) in [6.07, 6.45) is 0. The number of anilines is 1. The molecule has 118 valence electrons. The number of carbonyl (C=O) groups excluding carboxylic acids is 1. The Balaban J connectivity index is 2.00. The van der Waals surface area contributed by atoms with Crippen LogP contribution in [-0.2, 0) is 11.3 Å². The van der Waals surface area contributed by atoms with Gasteiger partial charge in [0.05, 0.1) is 22.3 Å². The Kier molecular flexibility index (Phi) is 4.57. The van der Waals surface area contributed by atoms with Gasteiger partial charge in [-0.15, -0.1) is 0 Å². The minimum Gasteiger partial charge on any atom is -0.451 e. The lowest BCUT2D eigenvalue weighted by molar-refractivity contribution is 0.0992. The van der Waals surface area contributed by atoms with Gasteiger partial charge < -0.3 is 14.5 Å². The number of nitrogens with one attached hydrogen (secondary N) is 1. The molecule has 0 radical (unpaired) electrons. The van der Waals surface area contributed by atoms with Crippen molar-refractivity contribution in [1.29, 1.82) is 0 Å². The van der Waals surface area contributed by atoms with E-state index in [-0.39, 0.29) is 17.4 Å². The summed E-state index contributed by atoms with van der Waals surface area (Å²) in [6.45, 7) is 0.267. The number of furan rings is 1. The number of halogens is 2. The Morgan fingerprint density at radius 3 is 2.74 bits per heavy atom.